The van der Waals surface area contributed by atoms with E-state index in [9.17, 15) is 9.59 Å². The second-order valence-electron chi connectivity index (χ2n) is 4.12. The van der Waals surface area contributed by atoms with Crippen LogP contribution in [-0.2, 0) is 9.53 Å². The molecule has 20 heavy (non-hydrogen) atoms. The average Bonchev–Trinajstić information content (AvgIpc) is 2.43. The van der Waals surface area contributed by atoms with Crippen molar-refractivity contribution >= 4 is 11.9 Å². The molecule has 0 aliphatic rings. The third kappa shape index (κ3) is 6.19. The smallest absolute Gasteiger partial charge is 0.305 e. The molecule has 0 radical (unpaired) electrons. The van der Waals surface area contributed by atoms with Gasteiger partial charge in [0.25, 0.3) is 5.91 Å². The normalized spacial score (nSPS) is 10.1. The SMILES string of the molecule is COCCCOc1cccc(C(=O)NCCC(=O)O)c1. The average molecular weight is 281 g/mol. The highest BCUT2D eigenvalue weighted by atomic mass is 16.5. The summed E-state index contributed by atoms with van der Waals surface area (Å²) >= 11 is 0. The summed E-state index contributed by atoms with van der Waals surface area (Å²) in [6.07, 6.45) is 0.671. The molecule has 0 aliphatic heterocycles. The first kappa shape index (κ1) is 16.0. The molecule has 0 fully saturated rings. The molecule has 0 bridgehead atoms. The van der Waals surface area contributed by atoms with Crippen LogP contribution in [0.25, 0.3) is 0 Å². The molecule has 6 heteroatoms. The lowest BCUT2D eigenvalue weighted by atomic mass is 10.2. The van der Waals surface area contributed by atoms with Crippen LogP contribution in [0.4, 0.5) is 0 Å². The van der Waals surface area contributed by atoms with Gasteiger partial charge in [-0.25, -0.2) is 0 Å². The molecule has 1 amide bonds. The molecule has 0 aromatic heterocycles. The lowest BCUT2D eigenvalue weighted by molar-refractivity contribution is -0.136. The fraction of sp³-hybridized carbons (Fsp3) is 0.429. The van der Waals surface area contributed by atoms with Crippen LogP contribution in [0.15, 0.2) is 24.3 Å². The van der Waals surface area contributed by atoms with E-state index in [2.05, 4.69) is 5.32 Å². The number of carboxylic acids is 1. The Balaban J connectivity index is 2.45. The van der Waals surface area contributed by atoms with E-state index in [1.54, 1.807) is 31.4 Å². The first-order valence-electron chi connectivity index (χ1n) is 6.35. The Morgan fingerprint density at radius 3 is 2.80 bits per heavy atom. The summed E-state index contributed by atoms with van der Waals surface area (Å²) in [6, 6.07) is 6.76. The minimum atomic E-state index is -0.944. The van der Waals surface area contributed by atoms with Gasteiger partial charge >= 0.3 is 5.97 Å². The van der Waals surface area contributed by atoms with E-state index in [1.165, 1.54) is 0 Å². The Morgan fingerprint density at radius 1 is 1.30 bits per heavy atom. The van der Waals surface area contributed by atoms with Gasteiger partial charge in [-0.15, -0.1) is 0 Å². The van der Waals surface area contributed by atoms with Gasteiger partial charge in [0.15, 0.2) is 0 Å². The number of carbonyl (C=O) groups excluding carboxylic acids is 1. The Labute approximate surface area is 117 Å². The molecule has 0 aliphatic carbocycles. The number of hydrogen-bond donors (Lipinski definition) is 2. The van der Waals surface area contributed by atoms with Gasteiger partial charge in [-0.05, 0) is 18.2 Å². The Morgan fingerprint density at radius 2 is 2.10 bits per heavy atom. The summed E-state index contributed by atoms with van der Waals surface area (Å²) in [7, 11) is 1.63. The number of nitrogens with one attached hydrogen (secondary N) is 1. The lowest BCUT2D eigenvalue weighted by Crippen LogP contribution is -2.25. The van der Waals surface area contributed by atoms with Crippen molar-refractivity contribution in [3.63, 3.8) is 0 Å². The number of benzene rings is 1. The Bertz CT molecular complexity index is 447. The van der Waals surface area contributed by atoms with Crippen molar-refractivity contribution in [3.8, 4) is 5.75 Å². The molecule has 0 spiro atoms. The van der Waals surface area contributed by atoms with Gasteiger partial charge in [-0.3, -0.25) is 9.59 Å². The van der Waals surface area contributed by atoms with Crippen molar-refractivity contribution in [1.29, 1.82) is 0 Å². The predicted molar refractivity (Wildman–Crippen MR) is 73.0 cm³/mol. The molecule has 0 saturated carbocycles. The van der Waals surface area contributed by atoms with Crippen LogP contribution >= 0.6 is 0 Å². The van der Waals surface area contributed by atoms with E-state index in [0.717, 1.165) is 6.42 Å². The monoisotopic (exact) mass is 281 g/mol. The zero-order chi connectivity index (χ0) is 14.8. The molecule has 0 unspecified atom stereocenters. The third-order valence-electron chi connectivity index (χ3n) is 2.48. The van der Waals surface area contributed by atoms with Crippen LogP contribution in [0.5, 0.6) is 5.75 Å². The Kier molecular flexibility index (Phi) is 7.13. The molecular formula is C14H19NO5. The van der Waals surface area contributed by atoms with Crippen molar-refractivity contribution in [2.75, 3.05) is 26.9 Å². The lowest BCUT2D eigenvalue weighted by Gasteiger charge is -2.08. The van der Waals surface area contributed by atoms with Gasteiger partial charge in [0, 0.05) is 32.2 Å². The second kappa shape index (κ2) is 8.92. The predicted octanol–water partition coefficient (Wildman–Crippen LogP) is 1.31. The first-order valence-corrected chi connectivity index (χ1v) is 6.35. The van der Waals surface area contributed by atoms with Crippen LogP contribution in [0.1, 0.15) is 23.2 Å². The summed E-state index contributed by atoms with van der Waals surface area (Å²) in [5, 5.41) is 11.0. The topological polar surface area (TPSA) is 84.9 Å². The van der Waals surface area contributed by atoms with Crippen LogP contribution in [-0.4, -0.2) is 43.9 Å². The van der Waals surface area contributed by atoms with E-state index in [1.807, 2.05) is 0 Å². The van der Waals surface area contributed by atoms with Gasteiger partial charge in [0.1, 0.15) is 5.75 Å². The summed E-state index contributed by atoms with van der Waals surface area (Å²) in [5.74, 6) is -0.652. The number of carbonyl (C=O) groups is 2. The molecule has 110 valence electrons. The maximum Gasteiger partial charge on any atom is 0.305 e. The molecule has 0 atom stereocenters. The third-order valence-corrected chi connectivity index (χ3v) is 2.48. The van der Waals surface area contributed by atoms with Crippen LogP contribution < -0.4 is 10.1 Å². The van der Waals surface area contributed by atoms with Crippen LogP contribution in [0, 0.1) is 0 Å². The molecule has 1 aromatic rings. The van der Waals surface area contributed by atoms with E-state index >= 15 is 0 Å². The highest BCUT2D eigenvalue weighted by molar-refractivity contribution is 5.94. The summed E-state index contributed by atoms with van der Waals surface area (Å²) < 4.78 is 10.4. The quantitative estimate of drug-likeness (QED) is 0.667. The number of ether oxygens (including phenoxy) is 2. The van der Waals surface area contributed by atoms with Crippen molar-refractivity contribution < 1.29 is 24.2 Å². The van der Waals surface area contributed by atoms with Gasteiger partial charge < -0.3 is 19.9 Å². The number of carboxylic acid groups (broad SMARTS) is 1. The molecule has 0 heterocycles. The summed E-state index contributed by atoms with van der Waals surface area (Å²) in [4.78, 5) is 22.1. The van der Waals surface area contributed by atoms with Crippen molar-refractivity contribution in [1.82, 2.24) is 5.32 Å². The molecule has 0 saturated heterocycles. The standard InChI is InChI=1S/C14H19NO5/c1-19-8-3-9-20-12-5-2-4-11(10-12)14(18)15-7-6-13(16)17/h2,4-5,10H,3,6-9H2,1H3,(H,15,18)(H,16,17). The van der Waals surface area contributed by atoms with Gasteiger partial charge in [0.2, 0.25) is 0 Å². The second-order valence-corrected chi connectivity index (χ2v) is 4.12. The van der Waals surface area contributed by atoms with Crippen molar-refractivity contribution in [2.24, 2.45) is 0 Å². The van der Waals surface area contributed by atoms with E-state index in [-0.39, 0.29) is 18.9 Å². The van der Waals surface area contributed by atoms with E-state index in [4.69, 9.17) is 14.6 Å². The van der Waals surface area contributed by atoms with Gasteiger partial charge in [-0.1, -0.05) is 6.07 Å². The number of hydrogen-bond acceptors (Lipinski definition) is 4. The maximum atomic E-state index is 11.8. The van der Waals surface area contributed by atoms with E-state index < -0.39 is 5.97 Å². The minimum Gasteiger partial charge on any atom is -0.493 e. The molecule has 1 aromatic carbocycles. The Hall–Kier alpha value is -2.08. The molecule has 1 rings (SSSR count). The number of methoxy groups -OCH3 is 1. The first-order chi connectivity index (χ1) is 9.63. The largest absolute Gasteiger partial charge is 0.493 e. The minimum absolute atomic E-state index is 0.0983. The molecule has 6 nitrogen and oxygen atoms in total. The highest BCUT2D eigenvalue weighted by Crippen LogP contribution is 2.13. The van der Waals surface area contributed by atoms with E-state index in [0.29, 0.717) is 24.5 Å². The fourth-order valence-corrected chi connectivity index (χ4v) is 1.51. The van der Waals surface area contributed by atoms with Crippen molar-refractivity contribution in [2.45, 2.75) is 12.8 Å². The summed E-state index contributed by atoms with van der Waals surface area (Å²) in [5.41, 5.74) is 0.444. The number of amides is 1. The number of rotatable bonds is 9. The zero-order valence-electron chi connectivity index (χ0n) is 11.4. The van der Waals surface area contributed by atoms with Crippen LogP contribution in [0.2, 0.25) is 0 Å². The molecule has 2 N–H and O–H groups in total. The maximum absolute atomic E-state index is 11.8. The van der Waals surface area contributed by atoms with Crippen LogP contribution in [0.3, 0.4) is 0 Å². The van der Waals surface area contributed by atoms with Crippen molar-refractivity contribution in [3.05, 3.63) is 29.8 Å². The zero-order valence-corrected chi connectivity index (χ0v) is 11.4. The van der Waals surface area contributed by atoms with Gasteiger partial charge in [-0.2, -0.15) is 0 Å². The molecular weight excluding hydrogens is 262 g/mol. The highest BCUT2D eigenvalue weighted by Gasteiger charge is 2.07. The fourth-order valence-electron chi connectivity index (χ4n) is 1.51. The summed E-state index contributed by atoms with van der Waals surface area (Å²) in [6.45, 7) is 1.24. The number of aliphatic carboxylic acids is 1. The van der Waals surface area contributed by atoms with Gasteiger partial charge in [0.05, 0.1) is 13.0 Å².